The Hall–Kier alpha value is -5.22. The number of aromatic nitrogens is 1. The lowest BCUT2D eigenvalue weighted by atomic mass is 9.85. The van der Waals surface area contributed by atoms with E-state index in [-0.39, 0.29) is 52.3 Å². The molecule has 4 atom stereocenters. The van der Waals surface area contributed by atoms with E-state index in [0.717, 1.165) is 12.5 Å². The molecule has 218 valence electrons. The second-order valence-corrected chi connectivity index (χ2v) is 11.5. The zero-order valence-corrected chi connectivity index (χ0v) is 23.6. The molecule has 7 rings (SSSR count). The van der Waals surface area contributed by atoms with Gasteiger partial charge in [0.2, 0.25) is 17.6 Å². The number of nitro groups is 1. The number of rotatable bonds is 7. The molecule has 3 aromatic carbocycles. The number of nitrogens with zero attached hydrogens (tertiary/aromatic N) is 3. The van der Waals surface area contributed by atoms with Crippen molar-refractivity contribution in [3.8, 4) is 11.3 Å². The smallest absolute Gasteiger partial charge is 0.339 e. The van der Waals surface area contributed by atoms with Crippen molar-refractivity contribution in [1.82, 2.24) is 4.98 Å². The topological polar surface area (TPSA) is 137 Å². The fraction of sp³-hybridized carbons (Fsp3) is 0.182. The van der Waals surface area contributed by atoms with Crippen molar-refractivity contribution in [3.63, 3.8) is 0 Å². The highest BCUT2D eigenvalue weighted by atomic mass is 35.5. The molecule has 0 N–H and O–H groups in total. The van der Waals surface area contributed by atoms with E-state index < -0.39 is 23.3 Å². The third-order valence-electron chi connectivity index (χ3n) is 8.60. The molecule has 2 aliphatic carbocycles. The number of ether oxygens (including phenoxy) is 1. The molecule has 0 radical (unpaired) electrons. The molecule has 1 aromatic heterocycles. The first-order valence-electron chi connectivity index (χ1n) is 13.9. The van der Waals surface area contributed by atoms with Gasteiger partial charge in [-0.1, -0.05) is 48.0 Å². The van der Waals surface area contributed by atoms with Crippen LogP contribution in [0.1, 0.15) is 27.1 Å². The van der Waals surface area contributed by atoms with Crippen LogP contribution in [0.3, 0.4) is 0 Å². The first kappa shape index (κ1) is 27.6. The number of pyridine rings is 1. The van der Waals surface area contributed by atoms with Gasteiger partial charge in [0.05, 0.1) is 39.2 Å². The van der Waals surface area contributed by atoms with Gasteiger partial charge in [-0.05, 0) is 54.7 Å². The number of esters is 1. The molecule has 1 aliphatic heterocycles. The number of imide groups is 1. The Morgan fingerprint density at radius 1 is 0.955 bits per heavy atom. The van der Waals surface area contributed by atoms with Crippen LogP contribution < -0.4 is 4.90 Å². The number of hydrogen-bond donors (Lipinski definition) is 0. The van der Waals surface area contributed by atoms with Crippen LogP contribution in [0.25, 0.3) is 22.2 Å². The van der Waals surface area contributed by atoms with Gasteiger partial charge >= 0.3 is 5.97 Å². The Balaban J connectivity index is 1.15. The van der Waals surface area contributed by atoms with Crippen LogP contribution in [-0.2, 0) is 14.3 Å². The fourth-order valence-corrected chi connectivity index (χ4v) is 6.71. The molecule has 4 unspecified atom stereocenters. The lowest BCUT2D eigenvalue weighted by molar-refractivity contribution is -0.384. The summed E-state index contributed by atoms with van der Waals surface area (Å²) in [7, 11) is 0. The van der Waals surface area contributed by atoms with Crippen molar-refractivity contribution in [3.05, 3.63) is 111 Å². The van der Waals surface area contributed by atoms with Gasteiger partial charge in [-0.2, -0.15) is 0 Å². The summed E-state index contributed by atoms with van der Waals surface area (Å²) in [5.41, 5.74) is 1.87. The van der Waals surface area contributed by atoms with Crippen molar-refractivity contribution >= 4 is 57.4 Å². The van der Waals surface area contributed by atoms with E-state index in [4.69, 9.17) is 16.3 Å². The Labute approximate surface area is 255 Å². The summed E-state index contributed by atoms with van der Waals surface area (Å²) in [5.74, 6) is -2.13. The van der Waals surface area contributed by atoms with Crippen molar-refractivity contribution in [2.45, 2.75) is 6.42 Å². The predicted octanol–water partition coefficient (Wildman–Crippen LogP) is 5.81. The Morgan fingerprint density at radius 3 is 2.34 bits per heavy atom. The standard InChI is InChI=1S/C33H22ClN3O7/c34-21-8-11-26-24(14-21)25(33(41)44-16-28(38)18-2-1-3-23(13-18)37(42)43)15-27(35-26)17-6-9-22(10-7-17)36-31(39)29-19-4-5-20(12-19)30(29)32(36)40/h1-11,13-15,19-20,29-30H,12,16H2. The monoisotopic (exact) mass is 607 g/mol. The van der Waals surface area contributed by atoms with Gasteiger partial charge in [0.15, 0.2) is 6.61 Å². The molecule has 1 saturated heterocycles. The maximum Gasteiger partial charge on any atom is 0.339 e. The molecule has 2 heterocycles. The van der Waals surface area contributed by atoms with Gasteiger partial charge in [0.1, 0.15) is 0 Å². The van der Waals surface area contributed by atoms with Gasteiger partial charge < -0.3 is 4.74 Å². The number of Topliss-reactive ketones (excluding diaryl/α,β-unsaturated/α-hetero) is 1. The quantitative estimate of drug-likeness (QED) is 0.0640. The molecule has 11 heteroatoms. The van der Waals surface area contributed by atoms with Crippen LogP contribution in [0.15, 0.2) is 84.9 Å². The lowest BCUT2D eigenvalue weighted by Crippen LogP contribution is -2.32. The molecule has 2 bridgehead atoms. The minimum Gasteiger partial charge on any atom is -0.454 e. The Bertz CT molecular complexity index is 1930. The summed E-state index contributed by atoms with van der Waals surface area (Å²) in [6.45, 7) is -0.633. The molecule has 2 fully saturated rings. The minimum atomic E-state index is -0.806. The van der Waals surface area contributed by atoms with Gasteiger partial charge in [-0.25, -0.2) is 9.78 Å². The van der Waals surface area contributed by atoms with E-state index in [1.54, 1.807) is 42.5 Å². The molecule has 2 amide bonds. The normalized spacial score (nSPS) is 21.6. The van der Waals surface area contributed by atoms with E-state index in [2.05, 4.69) is 17.1 Å². The summed E-state index contributed by atoms with van der Waals surface area (Å²) in [5, 5.41) is 11.8. The molecule has 0 spiro atoms. The zero-order valence-electron chi connectivity index (χ0n) is 22.9. The number of benzene rings is 3. The highest BCUT2D eigenvalue weighted by Gasteiger charge is 2.59. The van der Waals surface area contributed by atoms with Crippen LogP contribution in [0, 0.1) is 33.8 Å². The number of ketones is 1. The fourth-order valence-electron chi connectivity index (χ4n) is 6.54. The van der Waals surface area contributed by atoms with E-state index in [9.17, 15) is 29.3 Å². The Morgan fingerprint density at radius 2 is 1.66 bits per heavy atom. The van der Waals surface area contributed by atoms with Crippen LogP contribution in [0.2, 0.25) is 5.02 Å². The number of amides is 2. The minimum absolute atomic E-state index is 0.0397. The van der Waals surface area contributed by atoms with E-state index in [1.165, 1.54) is 29.2 Å². The van der Waals surface area contributed by atoms with E-state index in [0.29, 0.717) is 32.9 Å². The third-order valence-corrected chi connectivity index (χ3v) is 8.83. The first-order valence-corrected chi connectivity index (χ1v) is 14.3. The zero-order chi connectivity index (χ0) is 30.7. The van der Waals surface area contributed by atoms with Crippen molar-refractivity contribution in [2.75, 3.05) is 11.5 Å². The number of carbonyl (C=O) groups excluding carboxylic acids is 4. The van der Waals surface area contributed by atoms with Gasteiger partial charge in [0, 0.05) is 33.7 Å². The number of anilines is 1. The molecule has 1 saturated carbocycles. The summed E-state index contributed by atoms with van der Waals surface area (Å²) in [6.07, 6.45) is 4.95. The van der Waals surface area contributed by atoms with Crippen LogP contribution in [0.4, 0.5) is 11.4 Å². The second-order valence-electron chi connectivity index (χ2n) is 11.1. The van der Waals surface area contributed by atoms with Crippen molar-refractivity contribution in [2.24, 2.45) is 23.7 Å². The van der Waals surface area contributed by atoms with Crippen molar-refractivity contribution in [1.29, 1.82) is 0 Å². The van der Waals surface area contributed by atoms with Gasteiger partial charge in [0.25, 0.3) is 5.69 Å². The number of fused-ring (bicyclic) bond motifs is 6. The molecular formula is C33H22ClN3O7. The van der Waals surface area contributed by atoms with Crippen LogP contribution in [0.5, 0.6) is 0 Å². The summed E-state index contributed by atoms with van der Waals surface area (Å²) in [4.78, 5) is 68.8. The molecular weight excluding hydrogens is 586 g/mol. The highest BCUT2D eigenvalue weighted by molar-refractivity contribution is 6.31. The van der Waals surface area contributed by atoms with Crippen LogP contribution in [-0.4, -0.2) is 40.1 Å². The molecule has 3 aliphatic rings. The Kier molecular flexibility index (Phi) is 6.58. The van der Waals surface area contributed by atoms with Gasteiger partial charge in [-0.15, -0.1) is 0 Å². The molecule has 10 nitrogen and oxygen atoms in total. The second kappa shape index (κ2) is 10.5. The largest absolute Gasteiger partial charge is 0.454 e. The summed E-state index contributed by atoms with van der Waals surface area (Å²) >= 11 is 6.21. The SMILES string of the molecule is O=C(COC(=O)c1cc(-c2ccc(N3C(=O)C4C5C=CC(C5)C4C3=O)cc2)nc2ccc(Cl)cc12)c1cccc([N+](=O)[O-])c1. The summed E-state index contributed by atoms with van der Waals surface area (Å²) < 4.78 is 5.34. The van der Waals surface area contributed by atoms with Gasteiger partial charge in [-0.3, -0.25) is 29.4 Å². The number of allylic oxidation sites excluding steroid dienone is 2. The maximum absolute atomic E-state index is 13.3. The average Bonchev–Trinajstić information content (AvgIpc) is 3.72. The average molecular weight is 608 g/mol. The highest BCUT2D eigenvalue weighted by Crippen LogP contribution is 2.53. The number of nitro benzene ring substituents is 1. The lowest BCUT2D eigenvalue weighted by Gasteiger charge is -2.17. The predicted molar refractivity (Wildman–Crippen MR) is 160 cm³/mol. The van der Waals surface area contributed by atoms with Crippen molar-refractivity contribution < 1.29 is 28.8 Å². The molecule has 4 aromatic rings. The number of halogens is 1. The summed E-state index contributed by atoms with van der Waals surface area (Å²) in [6, 6.07) is 18.4. The van der Waals surface area contributed by atoms with Crippen LogP contribution >= 0.6 is 11.6 Å². The van der Waals surface area contributed by atoms with E-state index in [1.807, 2.05) is 0 Å². The first-order chi connectivity index (χ1) is 21.2. The molecule has 44 heavy (non-hydrogen) atoms. The number of non-ortho nitro benzene ring substituents is 1. The third kappa shape index (κ3) is 4.55. The number of carbonyl (C=O) groups is 4. The number of hydrogen-bond acceptors (Lipinski definition) is 8. The van der Waals surface area contributed by atoms with E-state index >= 15 is 0 Å². The maximum atomic E-state index is 13.3.